The van der Waals surface area contributed by atoms with Crippen LogP contribution in [0.1, 0.15) is 24.5 Å². The fraction of sp³-hybridized carbons (Fsp3) is 0.500. The first-order valence-electron chi connectivity index (χ1n) is 8.24. The van der Waals surface area contributed by atoms with E-state index in [2.05, 4.69) is 11.0 Å². The van der Waals surface area contributed by atoms with Crippen LogP contribution in [0.3, 0.4) is 0 Å². The van der Waals surface area contributed by atoms with Gasteiger partial charge in [0.2, 0.25) is 0 Å². The van der Waals surface area contributed by atoms with Crippen molar-refractivity contribution in [3.05, 3.63) is 35.4 Å². The number of phenols is 1. The second kappa shape index (κ2) is 4.09. The van der Waals surface area contributed by atoms with Crippen LogP contribution in [-0.4, -0.2) is 45.7 Å². The van der Waals surface area contributed by atoms with E-state index in [0.29, 0.717) is 11.6 Å². The SMILES string of the molecule is CC(=N)N1CC[C@]23c4c5ccc(O)c4O[C@H]2[C@@H](O)C=CC3[C@H]1C5. The molecule has 0 amide bonds. The van der Waals surface area contributed by atoms with Gasteiger partial charge in [-0.15, -0.1) is 0 Å². The second-order valence-electron chi connectivity index (χ2n) is 7.23. The van der Waals surface area contributed by atoms with Gasteiger partial charge in [0.15, 0.2) is 11.5 Å². The number of hydrogen-bond acceptors (Lipinski definition) is 4. The lowest BCUT2D eigenvalue weighted by molar-refractivity contribution is -0.0365. The average molecular weight is 312 g/mol. The van der Waals surface area contributed by atoms with Crippen molar-refractivity contribution in [1.29, 1.82) is 5.41 Å². The van der Waals surface area contributed by atoms with Crippen LogP contribution >= 0.6 is 0 Å². The zero-order chi connectivity index (χ0) is 15.9. The smallest absolute Gasteiger partial charge is 0.165 e. The summed E-state index contributed by atoms with van der Waals surface area (Å²) in [6, 6.07) is 3.90. The predicted octanol–water partition coefficient (Wildman–Crippen LogP) is 1.57. The van der Waals surface area contributed by atoms with Gasteiger partial charge in [-0.25, -0.2) is 0 Å². The number of hydrogen-bond donors (Lipinski definition) is 3. The van der Waals surface area contributed by atoms with Gasteiger partial charge in [-0.2, -0.15) is 0 Å². The van der Waals surface area contributed by atoms with Crippen LogP contribution in [0.2, 0.25) is 0 Å². The largest absolute Gasteiger partial charge is 0.504 e. The molecule has 2 aliphatic carbocycles. The van der Waals surface area contributed by atoms with Gasteiger partial charge in [0, 0.05) is 29.5 Å². The van der Waals surface area contributed by atoms with Crippen LogP contribution in [0.15, 0.2) is 24.3 Å². The van der Waals surface area contributed by atoms with E-state index >= 15 is 0 Å². The van der Waals surface area contributed by atoms with E-state index in [-0.39, 0.29) is 29.2 Å². The van der Waals surface area contributed by atoms with E-state index in [1.165, 1.54) is 5.56 Å². The van der Waals surface area contributed by atoms with Crippen molar-refractivity contribution in [2.45, 2.75) is 43.4 Å². The van der Waals surface area contributed by atoms with Gasteiger partial charge in [-0.1, -0.05) is 18.2 Å². The molecule has 1 saturated heterocycles. The van der Waals surface area contributed by atoms with Crippen LogP contribution in [0, 0.1) is 11.3 Å². The maximum absolute atomic E-state index is 10.5. The lowest BCUT2D eigenvalue weighted by atomic mass is 9.53. The molecule has 5 rings (SSSR count). The Morgan fingerprint density at radius 3 is 3.00 bits per heavy atom. The van der Waals surface area contributed by atoms with E-state index in [1.54, 1.807) is 6.07 Å². The Kier molecular flexibility index (Phi) is 2.39. The van der Waals surface area contributed by atoms with Crippen molar-refractivity contribution in [1.82, 2.24) is 4.90 Å². The topological polar surface area (TPSA) is 76.8 Å². The Balaban J connectivity index is 1.79. The number of aliphatic hydroxyl groups is 1. The monoisotopic (exact) mass is 312 g/mol. The van der Waals surface area contributed by atoms with Crippen molar-refractivity contribution in [3.8, 4) is 11.5 Å². The molecule has 0 aromatic heterocycles. The minimum atomic E-state index is -0.655. The minimum absolute atomic E-state index is 0.169. The number of aromatic hydroxyl groups is 1. The summed E-state index contributed by atoms with van der Waals surface area (Å²) in [5, 5.41) is 28.9. The fourth-order valence-electron chi connectivity index (χ4n) is 5.47. The minimum Gasteiger partial charge on any atom is -0.504 e. The molecule has 2 bridgehead atoms. The number of benzene rings is 1. The standard InChI is InChI=1S/C18H20N2O3/c1-9(19)20-7-6-18-11-3-5-14(22)17(18)23-16-13(21)4-2-10(15(16)18)8-12(11)20/h2-5,11-12,14,17,19,21-22H,6-8H2,1H3/t11?,12-,14+,17+,18+/m1/s1. The number of amidine groups is 1. The molecule has 4 aliphatic rings. The molecule has 5 nitrogen and oxygen atoms in total. The maximum atomic E-state index is 10.5. The number of piperidine rings is 1. The number of phenolic OH excluding ortho intramolecular Hbond substituents is 1. The molecule has 0 radical (unpaired) electrons. The average Bonchev–Trinajstić information content (AvgIpc) is 2.86. The summed E-state index contributed by atoms with van der Waals surface area (Å²) in [5.74, 6) is 1.55. The highest BCUT2D eigenvalue weighted by atomic mass is 16.5. The molecule has 1 aromatic rings. The molecular formula is C18H20N2O3. The van der Waals surface area contributed by atoms with Gasteiger partial charge < -0.3 is 19.8 Å². The summed E-state index contributed by atoms with van der Waals surface area (Å²) in [7, 11) is 0. The summed E-state index contributed by atoms with van der Waals surface area (Å²) in [6.07, 6.45) is 4.64. The molecule has 0 saturated carbocycles. The van der Waals surface area contributed by atoms with Crippen LogP contribution in [0.5, 0.6) is 11.5 Å². The highest BCUT2D eigenvalue weighted by Crippen LogP contribution is 2.62. The maximum Gasteiger partial charge on any atom is 0.165 e. The van der Waals surface area contributed by atoms with Gasteiger partial charge in [-0.05, 0) is 31.4 Å². The lowest BCUT2D eigenvalue weighted by Gasteiger charge is -2.57. The Morgan fingerprint density at radius 1 is 1.39 bits per heavy atom. The van der Waals surface area contributed by atoms with E-state index in [4.69, 9.17) is 10.1 Å². The van der Waals surface area contributed by atoms with Gasteiger partial charge in [0.05, 0.1) is 5.84 Å². The molecule has 1 spiro atoms. The van der Waals surface area contributed by atoms with E-state index in [1.807, 2.05) is 19.1 Å². The van der Waals surface area contributed by atoms with E-state index in [0.717, 1.165) is 24.9 Å². The molecule has 1 fully saturated rings. The van der Waals surface area contributed by atoms with Crippen molar-refractivity contribution in [3.63, 3.8) is 0 Å². The highest BCUT2D eigenvalue weighted by Gasteiger charge is 2.64. The number of aliphatic hydroxyl groups excluding tert-OH is 1. The summed E-state index contributed by atoms with van der Waals surface area (Å²) in [5.41, 5.74) is 2.02. The zero-order valence-electron chi connectivity index (χ0n) is 13.0. The van der Waals surface area contributed by atoms with E-state index < -0.39 is 6.10 Å². The van der Waals surface area contributed by atoms with Gasteiger partial charge in [0.1, 0.15) is 12.2 Å². The van der Waals surface area contributed by atoms with Crippen LogP contribution in [-0.2, 0) is 11.8 Å². The molecule has 2 aliphatic heterocycles. The molecule has 5 heteroatoms. The van der Waals surface area contributed by atoms with Crippen molar-refractivity contribution in [2.24, 2.45) is 5.92 Å². The highest BCUT2D eigenvalue weighted by molar-refractivity contribution is 5.77. The number of ether oxygens (including phenoxy) is 1. The summed E-state index contributed by atoms with van der Waals surface area (Å²) in [4.78, 5) is 2.18. The number of likely N-dealkylation sites (tertiary alicyclic amines) is 1. The quantitative estimate of drug-likeness (QED) is 0.386. The predicted molar refractivity (Wildman–Crippen MR) is 85.1 cm³/mol. The first kappa shape index (κ1) is 13.4. The number of nitrogens with zero attached hydrogens (tertiary/aromatic N) is 1. The van der Waals surface area contributed by atoms with Gasteiger partial charge >= 0.3 is 0 Å². The lowest BCUT2D eigenvalue weighted by Crippen LogP contribution is -2.66. The Hall–Kier alpha value is -2.01. The second-order valence-corrected chi connectivity index (χ2v) is 7.23. The van der Waals surface area contributed by atoms with Crippen LogP contribution in [0.4, 0.5) is 0 Å². The van der Waals surface area contributed by atoms with Crippen LogP contribution < -0.4 is 4.74 Å². The van der Waals surface area contributed by atoms with Crippen LogP contribution in [0.25, 0.3) is 0 Å². The summed E-state index contributed by atoms with van der Waals surface area (Å²) >= 11 is 0. The Bertz CT molecular complexity index is 759. The summed E-state index contributed by atoms with van der Waals surface area (Å²) in [6.45, 7) is 2.64. The van der Waals surface area contributed by atoms with Crippen molar-refractivity contribution >= 4 is 5.84 Å². The zero-order valence-corrected chi connectivity index (χ0v) is 13.0. The molecular weight excluding hydrogens is 292 g/mol. The Morgan fingerprint density at radius 2 is 2.22 bits per heavy atom. The first-order chi connectivity index (χ1) is 11.0. The Labute approximate surface area is 134 Å². The third-order valence-electron chi connectivity index (χ3n) is 6.30. The van der Waals surface area contributed by atoms with Crippen molar-refractivity contribution in [2.75, 3.05) is 6.54 Å². The fourth-order valence-corrected chi connectivity index (χ4v) is 5.47. The van der Waals surface area contributed by atoms with E-state index in [9.17, 15) is 10.2 Å². The third kappa shape index (κ3) is 1.40. The van der Waals surface area contributed by atoms with Crippen molar-refractivity contribution < 1.29 is 14.9 Å². The number of rotatable bonds is 0. The molecule has 23 heavy (non-hydrogen) atoms. The molecule has 1 aromatic carbocycles. The van der Waals surface area contributed by atoms with Gasteiger partial charge in [-0.3, -0.25) is 5.41 Å². The number of nitrogens with one attached hydrogen (secondary N) is 1. The third-order valence-corrected chi connectivity index (χ3v) is 6.30. The first-order valence-corrected chi connectivity index (χ1v) is 8.24. The molecule has 120 valence electrons. The molecule has 1 unspecified atom stereocenters. The summed E-state index contributed by atoms with van der Waals surface area (Å²) < 4.78 is 6.09. The normalized spacial score (nSPS) is 39.0. The molecule has 5 atom stereocenters. The molecule has 3 N–H and O–H groups in total. The molecule has 2 heterocycles. The van der Waals surface area contributed by atoms with Gasteiger partial charge in [0.25, 0.3) is 0 Å².